The van der Waals surface area contributed by atoms with E-state index >= 15 is 0 Å². The zero-order chi connectivity index (χ0) is 15.5. The molecule has 0 spiro atoms. The first-order valence-corrected chi connectivity index (χ1v) is 7.85. The molecular formula is C17H27FN2O. The second-order valence-electron chi connectivity index (χ2n) is 6.15. The molecule has 0 saturated carbocycles. The lowest BCUT2D eigenvalue weighted by atomic mass is 9.84. The Morgan fingerprint density at radius 3 is 2.62 bits per heavy atom. The van der Waals surface area contributed by atoms with Crippen molar-refractivity contribution in [2.45, 2.75) is 51.1 Å². The third-order valence-electron chi connectivity index (χ3n) is 5.05. The average Bonchev–Trinajstić information content (AvgIpc) is 3.03. The van der Waals surface area contributed by atoms with Gasteiger partial charge in [-0.25, -0.2) is 4.39 Å². The summed E-state index contributed by atoms with van der Waals surface area (Å²) in [7, 11) is 1.49. The monoisotopic (exact) mass is 294 g/mol. The van der Waals surface area contributed by atoms with Gasteiger partial charge in [0.1, 0.15) is 0 Å². The zero-order valence-electron chi connectivity index (χ0n) is 13.4. The summed E-state index contributed by atoms with van der Waals surface area (Å²) in [5.41, 5.74) is 7.05. The van der Waals surface area contributed by atoms with Crippen LogP contribution in [0, 0.1) is 5.82 Å². The molecule has 118 valence electrons. The van der Waals surface area contributed by atoms with Gasteiger partial charge in [-0.2, -0.15) is 0 Å². The van der Waals surface area contributed by atoms with Crippen molar-refractivity contribution in [3.8, 4) is 5.75 Å². The highest BCUT2D eigenvalue weighted by atomic mass is 19.1. The fourth-order valence-electron chi connectivity index (χ4n) is 3.28. The molecule has 2 atom stereocenters. The SMILES string of the molecule is CCC(C)(C(N)Cc1cccc(OC)c1F)N1CCCC1. The third kappa shape index (κ3) is 3.22. The first kappa shape index (κ1) is 16.2. The lowest BCUT2D eigenvalue weighted by Gasteiger charge is -2.43. The maximum atomic E-state index is 14.3. The molecule has 1 fully saturated rings. The lowest BCUT2D eigenvalue weighted by molar-refractivity contribution is 0.0995. The van der Waals surface area contributed by atoms with E-state index in [0.717, 1.165) is 19.5 Å². The minimum atomic E-state index is -0.282. The van der Waals surface area contributed by atoms with E-state index in [1.54, 1.807) is 12.1 Å². The van der Waals surface area contributed by atoms with E-state index in [-0.39, 0.29) is 17.4 Å². The van der Waals surface area contributed by atoms with Gasteiger partial charge in [-0.1, -0.05) is 19.1 Å². The molecule has 2 rings (SSSR count). The highest BCUT2D eigenvalue weighted by molar-refractivity contribution is 5.32. The molecule has 1 aromatic rings. The van der Waals surface area contributed by atoms with Gasteiger partial charge in [-0.05, 0) is 57.3 Å². The Morgan fingerprint density at radius 2 is 2.05 bits per heavy atom. The molecule has 1 aliphatic rings. The van der Waals surface area contributed by atoms with Crippen LogP contribution in [0.25, 0.3) is 0 Å². The molecule has 0 aromatic heterocycles. The number of methoxy groups -OCH3 is 1. The van der Waals surface area contributed by atoms with Crippen molar-refractivity contribution in [2.24, 2.45) is 5.73 Å². The molecule has 0 amide bonds. The standard InChI is InChI=1S/C17H27FN2O/c1-4-17(2,20-10-5-6-11-20)15(19)12-13-8-7-9-14(21-3)16(13)18/h7-9,15H,4-6,10-12,19H2,1-3H3. The predicted molar refractivity (Wildman–Crippen MR) is 84.1 cm³/mol. The van der Waals surface area contributed by atoms with Crippen LogP contribution in [0.3, 0.4) is 0 Å². The maximum Gasteiger partial charge on any atom is 0.168 e. The Kier molecular flexibility index (Phi) is 5.22. The summed E-state index contributed by atoms with van der Waals surface area (Å²) in [6.07, 6.45) is 3.97. The van der Waals surface area contributed by atoms with Crippen LogP contribution in [0.4, 0.5) is 4.39 Å². The predicted octanol–water partition coefficient (Wildman–Crippen LogP) is 2.97. The van der Waals surface area contributed by atoms with Crippen molar-refractivity contribution in [2.75, 3.05) is 20.2 Å². The van der Waals surface area contributed by atoms with E-state index in [1.165, 1.54) is 20.0 Å². The number of halogens is 1. The number of nitrogens with two attached hydrogens (primary N) is 1. The van der Waals surface area contributed by atoms with Crippen LogP contribution in [0.5, 0.6) is 5.75 Å². The minimum Gasteiger partial charge on any atom is -0.494 e. The molecule has 2 unspecified atom stereocenters. The summed E-state index contributed by atoms with van der Waals surface area (Å²) >= 11 is 0. The van der Waals surface area contributed by atoms with Crippen molar-refractivity contribution in [1.82, 2.24) is 4.90 Å². The summed E-state index contributed by atoms with van der Waals surface area (Å²) in [4.78, 5) is 2.47. The van der Waals surface area contributed by atoms with E-state index < -0.39 is 0 Å². The van der Waals surface area contributed by atoms with Gasteiger partial charge >= 0.3 is 0 Å². The molecule has 21 heavy (non-hydrogen) atoms. The topological polar surface area (TPSA) is 38.5 Å². The Labute approximate surface area is 127 Å². The summed E-state index contributed by atoms with van der Waals surface area (Å²) in [6, 6.07) is 5.17. The number of hydrogen-bond acceptors (Lipinski definition) is 3. The zero-order valence-corrected chi connectivity index (χ0v) is 13.4. The van der Waals surface area contributed by atoms with Crippen molar-refractivity contribution in [3.63, 3.8) is 0 Å². The van der Waals surface area contributed by atoms with Crippen LogP contribution in [0.15, 0.2) is 18.2 Å². The first-order valence-electron chi connectivity index (χ1n) is 7.85. The first-order chi connectivity index (χ1) is 10.0. The number of rotatable bonds is 6. The molecule has 2 N–H and O–H groups in total. The lowest BCUT2D eigenvalue weighted by Crippen LogP contribution is -2.57. The van der Waals surface area contributed by atoms with E-state index in [0.29, 0.717) is 17.7 Å². The van der Waals surface area contributed by atoms with Gasteiger partial charge in [0.2, 0.25) is 0 Å². The summed E-state index contributed by atoms with van der Waals surface area (Å²) in [5, 5.41) is 0. The molecule has 1 aliphatic heterocycles. The molecule has 1 heterocycles. The van der Waals surface area contributed by atoms with Crippen LogP contribution in [0.1, 0.15) is 38.7 Å². The fraction of sp³-hybridized carbons (Fsp3) is 0.647. The normalized spacial score (nSPS) is 20.2. The molecule has 0 aliphatic carbocycles. The fourth-order valence-corrected chi connectivity index (χ4v) is 3.28. The Morgan fingerprint density at radius 1 is 1.38 bits per heavy atom. The third-order valence-corrected chi connectivity index (χ3v) is 5.05. The van der Waals surface area contributed by atoms with Crippen LogP contribution >= 0.6 is 0 Å². The minimum absolute atomic E-state index is 0.0774. The Balaban J connectivity index is 2.17. The number of nitrogens with zero attached hydrogens (tertiary/aromatic N) is 1. The highest BCUT2D eigenvalue weighted by Crippen LogP contribution is 2.30. The van der Waals surface area contributed by atoms with Crippen molar-refractivity contribution in [1.29, 1.82) is 0 Å². The van der Waals surface area contributed by atoms with Crippen molar-refractivity contribution < 1.29 is 9.13 Å². The Bertz CT molecular complexity index is 474. The summed E-state index contributed by atoms with van der Waals surface area (Å²) in [6.45, 7) is 6.57. The molecule has 0 bridgehead atoms. The second kappa shape index (κ2) is 6.75. The maximum absolute atomic E-state index is 14.3. The van der Waals surface area contributed by atoms with Crippen LogP contribution in [0.2, 0.25) is 0 Å². The van der Waals surface area contributed by atoms with E-state index in [9.17, 15) is 4.39 Å². The smallest absolute Gasteiger partial charge is 0.168 e. The van der Waals surface area contributed by atoms with Crippen LogP contribution in [-0.4, -0.2) is 36.7 Å². The van der Waals surface area contributed by atoms with Crippen LogP contribution in [-0.2, 0) is 6.42 Å². The summed E-state index contributed by atoms with van der Waals surface area (Å²) in [5.74, 6) is 0.00870. The Hall–Kier alpha value is -1.13. The molecule has 1 aromatic carbocycles. The van der Waals surface area contributed by atoms with Gasteiger partial charge in [-0.3, -0.25) is 4.90 Å². The molecule has 1 saturated heterocycles. The summed E-state index contributed by atoms with van der Waals surface area (Å²) < 4.78 is 19.4. The van der Waals surface area contributed by atoms with Gasteiger partial charge in [0.05, 0.1) is 7.11 Å². The second-order valence-corrected chi connectivity index (χ2v) is 6.15. The average molecular weight is 294 g/mol. The number of benzene rings is 1. The quantitative estimate of drug-likeness (QED) is 0.876. The molecule has 3 nitrogen and oxygen atoms in total. The number of ether oxygens (including phenoxy) is 1. The van der Waals surface area contributed by atoms with E-state index in [4.69, 9.17) is 10.5 Å². The van der Waals surface area contributed by atoms with Gasteiger partial charge in [0.15, 0.2) is 11.6 Å². The van der Waals surface area contributed by atoms with Crippen LogP contribution < -0.4 is 10.5 Å². The van der Waals surface area contributed by atoms with Gasteiger partial charge in [0.25, 0.3) is 0 Å². The van der Waals surface area contributed by atoms with Crippen molar-refractivity contribution in [3.05, 3.63) is 29.6 Å². The number of hydrogen-bond donors (Lipinski definition) is 1. The van der Waals surface area contributed by atoms with Crippen molar-refractivity contribution >= 4 is 0 Å². The van der Waals surface area contributed by atoms with E-state index in [2.05, 4.69) is 18.7 Å². The van der Waals surface area contributed by atoms with Gasteiger partial charge in [-0.15, -0.1) is 0 Å². The number of likely N-dealkylation sites (tertiary alicyclic amines) is 1. The van der Waals surface area contributed by atoms with Gasteiger partial charge in [0, 0.05) is 11.6 Å². The molecular weight excluding hydrogens is 267 g/mol. The highest BCUT2D eigenvalue weighted by Gasteiger charge is 2.37. The van der Waals surface area contributed by atoms with E-state index in [1.807, 2.05) is 6.07 Å². The van der Waals surface area contributed by atoms with Gasteiger partial charge < -0.3 is 10.5 Å². The molecule has 0 radical (unpaired) electrons. The molecule has 4 heteroatoms. The largest absolute Gasteiger partial charge is 0.494 e.